The van der Waals surface area contributed by atoms with Crippen molar-refractivity contribution >= 4 is 21.8 Å². The van der Waals surface area contributed by atoms with Crippen molar-refractivity contribution in [3.8, 4) is 0 Å². The lowest BCUT2D eigenvalue weighted by Gasteiger charge is -2.35. The molecule has 1 saturated heterocycles. The Labute approximate surface area is 116 Å². The molecule has 1 aliphatic rings. The van der Waals surface area contributed by atoms with Crippen LogP contribution in [0, 0.1) is 5.92 Å². The zero-order valence-corrected chi connectivity index (χ0v) is 13.1. The summed E-state index contributed by atoms with van der Waals surface area (Å²) in [6, 6.07) is 0. The van der Waals surface area contributed by atoms with Gasteiger partial charge in [-0.1, -0.05) is 13.8 Å². The molecule has 1 aliphatic heterocycles. The number of halogens is 1. The first-order valence-corrected chi connectivity index (χ1v) is 8.65. The van der Waals surface area contributed by atoms with Gasteiger partial charge in [-0.25, -0.2) is 0 Å². The van der Waals surface area contributed by atoms with E-state index in [0.29, 0.717) is 31.3 Å². The van der Waals surface area contributed by atoms with Crippen LogP contribution in [0.15, 0.2) is 0 Å². The van der Waals surface area contributed by atoms with Crippen molar-refractivity contribution in [1.82, 2.24) is 9.03 Å². The van der Waals surface area contributed by atoms with Gasteiger partial charge in [-0.3, -0.25) is 0 Å². The lowest BCUT2D eigenvalue weighted by Crippen LogP contribution is -2.53. The van der Waals surface area contributed by atoms with Crippen LogP contribution < -0.4 is 4.72 Å². The molecule has 0 spiro atoms. The molecule has 1 fully saturated rings. The molecule has 1 rings (SSSR count). The van der Waals surface area contributed by atoms with Crippen LogP contribution in [0.3, 0.4) is 0 Å². The number of alkyl halides is 1. The third kappa shape index (κ3) is 4.37. The summed E-state index contributed by atoms with van der Waals surface area (Å²) in [5.74, 6) is 0.903. The maximum atomic E-state index is 12.4. The molecule has 1 heterocycles. The minimum absolute atomic E-state index is 0.441. The first-order chi connectivity index (χ1) is 8.33. The van der Waals surface area contributed by atoms with Gasteiger partial charge in [0.25, 0.3) is 10.2 Å². The number of rotatable bonds is 6. The average Bonchev–Trinajstić information content (AvgIpc) is 2.28. The number of hydrogen-bond acceptors (Lipinski definition) is 2. The highest BCUT2D eigenvalue weighted by molar-refractivity contribution is 7.87. The highest BCUT2D eigenvalue weighted by Crippen LogP contribution is 2.21. The van der Waals surface area contributed by atoms with Gasteiger partial charge in [-0.05, 0) is 38.5 Å². The van der Waals surface area contributed by atoms with E-state index in [1.807, 2.05) is 13.8 Å². The topological polar surface area (TPSA) is 49.4 Å². The fourth-order valence-corrected chi connectivity index (χ4v) is 4.48. The zero-order chi connectivity index (χ0) is 13.8. The van der Waals surface area contributed by atoms with Gasteiger partial charge in [0.15, 0.2) is 0 Å². The van der Waals surface area contributed by atoms with Crippen LogP contribution in [0.25, 0.3) is 0 Å². The second kappa shape index (κ2) is 6.55. The number of piperidine rings is 1. The normalized spacial score (nSPS) is 25.9. The summed E-state index contributed by atoms with van der Waals surface area (Å²) in [7, 11) is -3.38. The molecule has 2 atom stereocenters. The molecule has 0 aromatic heterocycles. The molecule has 4 nitrogen and oxygen atoms in total. The van der Waals surface area contributed by atoms with Gasteiger partial charge in [0.1, 0.15) is 0 Å². The minimum Gasteiger partial charge on any atom is -0.196 e. The van der Waals surface area contributed by atoms with Crippen molar-refractivity contribution in [2.75, 3.05) is 19.0 Å². The zero-order valence-electron chi connectivity index (χ0n) is 11.6. The lowest BCUT2D eigenvalue weighted by molar-refractivity contribution is 0.269. The van der Waals surface area contributed by atoms with Gasteiger partial charge < -0.3 is 0 Å². The van der Waals surface area contributed by atoms with E-state index in [1.165, 1.54) is 0 Å². The van der Waals surface area contributed by atoms with E-state index < -0.39 is 15.7 Å². The smallest absolute Gasteiger partial charge is 0.196 e. The molecule has 0 aliphatic carbocycles. The van der Waals surface area contributed by atoms with Crippen LogP contribution in [0.4, 0.5) is 0 Å². The maximum absolute atomic E-state index is 12.4. The monoisotopic (exact) mass is 296 g/mol. The molecular formula is C12H25ClN2O2S. The summed E-state index contributed by atoms with van der Waals surface area (Å²) in [4.78, 5) is 0. The Hall–Kier alpha value is 0.160. The Morgan fingerprint density at radius 1 is 1.50 bits per heavy atom. The van der Waals surface area contributed by atoms with Crippen molar-refractivity contribution < 1.29 is 8.42 Å². The highest BCUT2D eigenvalue weighted by atomic mass is 35.5. The van der Waals surface area contributed by atoms with E-state index in [9.17, 15) is 8.42 Å². The van der Waals surface area contributed by atoms with Gasteiger partial charge in [-0.2, -0.15) is 17.4 Å². The van der Waals surface area contributed by atoms with E-state index >= 15 is 0 Å². The fraction of sp³-hybridized carbons (Fsp3) is 1.00. The van der Waals surface area contributed by atoms with Crippen LogP contribution >= 0.6 is 11.6 Å². The van der Waals surface area contributed by atoms with Gasteiger partial charge in [0.05, 0.1) is 0 Å². The Balaban J connectivity index is 2.73. The van der Waals surface area contributed by atoms with E-state index in [1.54, 1.807) is 4.31 Å². The first kappa shape index (κ1) is 16.2. The lowest BCUT2D eigenvalue weighted by atomic mass is 9.97. The quantitative estimate of drug-likeness (QED) is 0.765. The molecule has 0 aromatic carbocycles. The summed E-state index contributed by atoms with van der Waals surface area (Å²) >= 11 is 5.75. The van der Waals surface area contributed by atoms with Gasteiger partial charge in [0, 0.05) is 24.5 Å². The van der Waals surface area contributed by atoms with Gasteiger partial charge >= 0.3 is 0 Å². The van der Waals surface area contributed by atoms with Crippen LogP contribution in [0.1, 0.15) is 46.5 Å². The van der Waals surface area contributed by atoms with E-state index in [4.69, 9.17) is 11.6 Å². The summed E-state index contributed by atoms with van der Waals surface area (Å²) in [5.41, 5.74) is -0.443. The summed E-state index contributed by atoms with van der Waals surface area (Å²) in [5, 5.41) is 0. The fourth-order valence-electron chi connectivity index (χ4n) is 2.25. The largest absolute Gasteiger partial charge is 0.279 e. The second-order valence-corrected chi connectivity index (χ2v) is 7.61. The molecule has 2 unspecified atom stereocenters. The number of hydrogen-bond donors (Lipinski definition) is 1. The summed E-state index contributed by atoms with van der Waals surface area (Å²) in [6.07, 6.45) is 3.44. The average molecular weight is 297 g/mol. The first-order valence-electron chi connectivity index (χ1n) is 6.68. The summed E-state index contributed by atoms with van der Waals surface area (Å²) < 4.78 is 29.1. The minimum atomic E-state index is -3.38. The van der Waals surface area contributed by atoms with E-state index in [-0.39, 0.29) is 0 Å². The maximum Gasteiger partial charge on any atom is 0.279 e. The Kier molecular flexibility index (Phi) is 5.90. The van der Waals surface area contributed by atoms with Crippen molar-refractivity contribution in [3.05, 3.63) is 0 Å². The molecule has 6 heteroatoms. The van der Waals surface area contributed by atoms with Crippen molar-refractivity contribution in [1.29, 1.82) is 0 Å². The van der Waals surface area contributed by atoms with Crippen LogP contribution in [-0.2, 0) is 10.2 Å². The van der Waals surface area contributed by atoms with E-state index in [0.717, 1.165) is 19.3 Å². The van der Waals surface area contributed by atoms with Gasteiger partial charge in [0.2, 0.25) is 0 Å². The third-order valence-corrected chi connectivity index (χ3v) is 5.71. The summed E-state index contributed by atoms with van der Waals surface area (Å²) in [6.45, 7) is 7.24. The Bertz CT molecular complexity index is 361. The predicted molar refractivity (Wildman–Crippen MR) is 76.1 cm³/mol. The van der Waals surface area contributed by atoms with Crippen molar-refractivity contribution in [2.45, 2.75) is 52.0 Å². The molecule has 1 N–H and O–H groups in total. The SMILES string of the molecule is CCC(C)(CCCl)NS(=O)(=O)N1CCCC(C)C1. The molecule has 0 radical (unpaired) electrons. The van der Waals surface area contributed by atoms with Crippen molar-refractivity contribution in [2.24, 2.45) is 5.92 Å². The van der Waals surface area contributed by atoms with Gasteiger partial charge in [-0.15, -0.1) is 11.6 Å². The van der Waals surface area contributed by atoms with Crippen LogP contribution in [-0.4, -0.2) is 37.2 Å². The predicted octanol–water partition coefficient (Wildman–Crippen LogP) is 2.35. The number of nitrogens with zero attached hydrogens (tertiary/aromatic N) is 1. The Morgan fingerprint density at radius 3 is 2.67 bits per heavy atom. The Morgan fingerprint density at radius 2 is 2.17 bits per heavy atom. The highest BCUT2D eigenvalue weighted by Gasteiger charge is 2.33. The standard InChI is InChI=1S/C12H25ClN2O2S/c1-4-12(3,7-8-13)14-18(16,17)15-9-5-6-11(2)10-15/h11,14H,4-10H2,1-3H3. The van der Waals surface area contributed by atoms with Crippen LogP contribution in [0.2, 0.25) is 0 Å². The molecule has 108 valence electrons. The second-order valence-electron chi connectivity index (χ2n) is 5.57. The van der Waals surface area contributed by atoms with E-state index in [2.05, 4.69) is 11.6 Å². The number of nitrogens with one attached hydrogen (secondary N) is 1. The van der Waals surface area contributed by atoms with Crippen LogP contribution in [0.5, 0.6) is 0 Å². The third-order valence-electron chi connectivity index (χ3n) is 3.76. The molecule has 0 bridgehead atoms. The molecule has 0 amide bonds. The van der Waals surface area contributed by atoms with Crippen molar-refractivity contribution in [3.63, 3.8) is 0 Å². The molecule has 0 saturated carbocycles. The molecular weight excluding hydrogens is 272 g/mol. The molecule has 18 heavy (non-hydrogen) atoms. The molecule has 0 aromatic rings.